The fourth-order valence-electron chi connectivity index (χ4n) is 3.02. The highest BCUT2D eigenvalue weighted by atomic mass is 32.1. The molecule has 2 unspecified atom stereocenters. The van der Waals surface area contributed by atoms with Gasteiger partial charge in [0, 0.05) is 41.8 Å². The van der Waals surface area contributed by atoms with Gasteiger partial charge in [-0.3, -0.25) is 0 Å². The van der Waals surface area contributed by atoms with Crippen molar-refractivity contribution in [3.63, 3.8) is 0 Å². The van der Waals surface area contributed by atoms with E-state index in [0.717, 1.165) is 32.0 Å². The summed E-state index contributed by atoms with van der Waals surface area (Å²) in [5.74, 6) is 0. The fraction of sp³-hybridized carbons (Fsp3) is 0.824. The minimum absolute atomic E-state index is 0.145. The molecule has 2 atom stereocenters. The maximum Gasteiger partial charge on any atom is 0.0935 e. The Morgan fingerprint density at radius 3 is 2.71 bits per heavy atom. The van der Waals surface area contributed by atoms with Crippen LogP contribution in [-0.2, 0) is 16.6 Å². The lowest BCUT2D eigenvalue weighted by Crippen LogP contribution is -2.42. The number of thiazole rings is 1. The lowest BCUT2D eigenvalue weighted by atomic mass is 9.78. The smallest absolute Gasteiger partial charge is 0.0935 e. The zero-order valence-corrected chi connectivity index (χ0v) is 14.6. The maximum atomic E-state index is 5.90. The van der Waals surface area contributed by atoms with Crippen molar-refractivity contribution in [1.29, 1.82) is 0 Å². The zero-order valence-electron chi connectivity index (χ0n) is 13.7. The topological polar surface area (TPSA) is 34.1 Å². The molecule has 1 saturated carbocycles. The van der Waals surface area contributed by atoms with Crippen LogP contribution in [0, 0.1) is 5.41 Å². The van der Waals surface area contributed by atoms with Gasteiger partial charge >= 0.3 is 0 Å². The Labute approximate surface area is 132 Å². The van der Waals surface area contributed by atoms with E-state index in [2.05, 4.69) is 38.4 Å². The lowest BCUT2D eigenvalue weighted by molar-refractivity contribution is 0.0628. The first-order chi connectivity index (χ1) is 9.89. The van der Waals surface area contributed by atoms with Gasteiger partial charge in [0.2, 0.25) is 0 Å². The normalized spacial score (nSPS) is 30.0. The molecule has 2 fully saturated rings. The summed E-state index contributed by atoms with van der Waals surface area (Å²) < 4.78 is 5.90. The van der Waals surface area contributed by atoms with Gasteiger partial charge in [0.25, 0.3) is 0 Å². The number of hydrogen-bond acceptors (Lipinski definition) is 4. The van der Waals surface area contributed by atoms with Crippen LogP contribution in [0.4, 0.5) is 0 Å². The number of nitrogens with zero attached hydrogens (tertiary/aromatic N) is 1. The molecule has 0 bridgehead atoms. The van der Waals surface area contributed by atoms with Gasteiger partial charge in [-0.15, -0.1) is 11.3 Å². The van der Waals surface area contributed by atoms with Crippen LogP contribution in [0.15, 0.2) is 5.38 Å². The Kier molecular flexibility index (Phi) is 4.15. The molecule has 1 N–H and O–H groups in total. The molecule has 0 radical (unpaired) electrons. The van der Waals surface area contributed by atoms with E-state index in [0.29, 0.717) is 6.10 Å². The average Bonchev–Trinajstić information content (AvgIpc) is 3.00. The lowest BCUT2D eigenvalue weighted by Gasteiger charge is -2.32. The zero-order chi connectivity index (χ0) is 15.1. The van der Waals surface area contributed by atoms with Gasteiger partial charge < -0.3 is 10.1 Å². The number of aromatic nitrogens is 1. The van der Waals surface area contributed by atoms with E-state index in [1.807, 2.05) is 11.3 Å². The van der Waals surface area contributed by atoms with Gasteiger partial charge in [0.15, 0.2) is 0 Å². The van der Waals surface area contributed by atoms with Crippen LogP contribution in [0.2, 0.25) is 0 Å². The minimum atomic E-state index is 0.145. The molecular formula is C17H28N2OS. The highest BCUT2D eigenvalue weighted by Gasteiger charge is 2.43. The predicted octanol–water partition coefficient (Wildman–Crippen LogP) is 3.53. The van der Waals surface area contributed by atoms with Crippen LogP contribution in [0.1, 0.15) is 57.7 Å². The van der Waals surface area contributed by atoms with E-state index >= 15 is 0 Å². The maximum absolute atomic E-state index is 5.90. The third-order valence-corrected chi connectivity index (χ3v) is 5.82. The van der Waals surface area contributed by atoms with E-state index in [-0.39, 0.29) is 10.8 Å². The molecule has 2 aliphatic rings. The highest BCUT2D eigenvalue weighted by Crippen LogP contribution is 2.39. The van der Waals surface area contributed by atoms with Crippen LogP contribution < -0.4 is 5.32 Å². The first kappa shape index (κ1) is 15.4. The van der Waals surface area contributed by atoms with Crippen molar-refractivity contribution in [2.24, 2.45) is 5.41 Å². The van der Waals surface area contributed by atoms with Crippen LogP contribution in [-0.4, -0.2) is 30.3 Å². The summed E-state index contributed by atoms with van der Waals surface area (Å²) in [6.45, 7) is 10.9. The summed E-state index contributed by atoms with van der Waals surface area (Å²) in [4.78, 5) is 4.90. The van der Waals surface area contributed by atoms with Gasteiger partial charge in [-0.1, -0.05) is 20.8 Å². The Balaban J connectivity index is 1.73. The summed E-state index contributed by atoms with van der Waals surface area (Å²) in [5, 5.41) is 7.23. The number of nitrogens with one attached hydrogen (secondary N) is 1. The van der Waals surface area contributed by atoms with Gasteiger partial charge in [-0.2, -0.15) is 0 Å². The number of rotatable bonds is 5. The molecule has 3 nitrogen and oxygen atoms in total. The molecule has 1 aromatic rings. The standard InChI is InChI=1S/C17H28N2OS/c1-12-17(7-8-20-12,11-18-13-5-6-13)9-15-19-14(10-21-15)16(2,3)4/h10,12-13,18H,5-9,11H2,1-4H3. The number of hydrogen-bond donors (Lipinski definition) is 1. The van der Waals surface area contributed by atoms with Crippen molar-refractivity contribution in [2.75, 3.05) is 13.2 Å². The predicted molar refractivity (Wildman–Crippen MR) is 88.0 cm³/mol. The van der Waals surface area contributed by atoms with Crippen LogP contribution in [0.3, 0.4) is 0 Å². The largest absolute Gasteiger partial charge is 0.378 e. The molecule has 1 aliphatic heterocycles. The third-order valence-electron chi connectivity index (χ3n) is 4.97. The van der Waals surface area contributed by atoms with Crippen molar-refractivity contribution in [2.45, 2.75) is 70.9 Å². The van der Waals surface area contributed by atoms with Crippen molar-refractivity contribution in [3.8, 4) is 0 Å². The summed E-state index contributed by atoms with van der Waals surface area (Å²) in [7, 11) is 0. The molecule has 1 saturated heterocycles. The Bertz CT molecular complexity index is 489. The average molecular weight is 308 g/mol. The van der Waals surface area contributed by atoms with Crippen molar-refractivity contribution in [1.82, 2.24) is 10.3 Å². The Morgan fingerprint density at radius 1 is 1.43 bits per heavy atom. The van der Waals surface area contributed by atoms with Crippen LogP contribution >= 0.6 is 11.3 Å². The van der Waals surface area contributed by atoms with E-state index in [1.54, 1.807) is 0 Å². The summed E-state index contributed by atoms with van der Waals surface area (Å²) in [6.07, 6.45) is 5.21. The van der Waals surface area contributed by atoms with Crippen LogP contribution in [0.5, 0.6) is 0 Å². The van der Waals surface area contributed by atoms with Crippen molar-refractivity contribution >= 4 is 11.3 Å². The third kappa shape index (κ3) is 3.49. The molecule has 1 aliphatic carbocycles. The van der Waals surface area contributed by atoms with E-state index < -0.39 is 0 Å². The molecule has 2 heterocycles. The fourth-order valence-corrected chi connectivity index (χ4v) is 4.19. The van der Waals surface area contributed by atoms with Gasteiger partial charge in [0.05, 0.1) is 16.8 Å². The van der Waals surface area contributed by atoms with Crippen molar-refractivity contribution in [3.05, 3.63) is 16.1 Å². The second-order valence-corrected chi connectivity index (χ2v) is 8.78. The summed E-state index contributed by atoms with van der Waals surface area (Å²) in [6, 6.07) is 0.760. The van der Waals surface area contributed by atoms with E-state index in [1.165, 1.54) is 23.5 Å². The molecule has 0 spiro atoms. The summed E-state index contributed by atoms with van der Waals surface area (Å²) >= 11 is 1.82. The Morgan fingerprint density at radius 2 is 2.19 bits per heavy atom. The molecule has 1 aromatic heterocycles. The summed E-state index contributed by atoms with van der Waals surface area (Å²) in [5.41, 5.74) is 1.60. The molecule has 4 heteroatoms. The minimum Gasteiger partial charge on any atom is -0.378 e. The highest BCUT2D eigenvalue weighted by molar-refractivity contribution is 7.09. The molecule has 3 rings (SSSR count). The van der Waals surface area contributed by atoms with E-state index in [4.69, 9.17) is 9.72 Å². The van der Waals surface area contributed by atoms with Crippen LogP contribution in [0.25, 0.3) is 0 Å². The first-order valence-corrected chi connectivity index (χ1v) is 9.07. The van der Waals surface area contributed by atoms with Gasteiger partial charge in [-0.05, 0) is 26.2 Å². The quantitative estimate of drug-likeness (QED) is 0.903. The first-order valence-electron chi connectivity index (χ1n) is 8.19. The molecule has 118 valence electrons. The van der Waals surface area contributed by atoms with Gasteiger partial charge in [0.1, 0.15) is 0 Å². The van der Waals surface area contributed by atoms with Gasteiger partial charge in [-0.25, -0.2) is 4.98 Å². The Hall–Kier alpha value is -0.450. The SMILES string of the molecule is CC1OCCC1(CNC1CC1)Cc1nc(C(C)(C)C)cs1. The molecule has 0 aromatic carbocycles. The monoisotopic (exact) mass is 308 g/mol. The molecule has 21 heavy (non-hydrogen) atoms. The number of ether oxygens (including phenoxy) is 1. The second kappa shape index (κ2) is 5.64. The molecular weight excluding hydrogens is 280 g/mol. The van der Waals surface area contributed by atoms with E-state index in [9.17, 15) is 0 Å². The second-order valence-electron chi connectivity index (χ2n) is 7.83. The van der Waals surface area contributed by atoms with Crippen molar-refractivity contribution < 1.29 is 4.74 Å². The molecule has 0 amide bonds.